The van der Waals surface area contributed by atoms with Gasteiger partial charge in [0.2, 0.25) is 0 Å². The van der Waals surface area contributed by atoms with Crippen molar-refractivity contribution in [1.82, 2.24) is 9.97 Å². The van der Waals surface area contributed by atoms with Crippen LogP contribution < -0.4 is 0 Å². The lowest BCUT2D eigenvalue weighted by Crippen LogP contribution is -2.08. The van der Waals surface area contributed by atoms with Gasteiger partial charge >= 0.3 is 5.97 Å². The number of aromatic amines is 1. The second-order valence-corrected chi connectivity index (χ2v) is 9.97. The Kier molecular flexibility index (Phi) is 6.79. The van der Waals surface area contributed by atoms with Crippen LogP contribution in [0.2, 0.25) is 5.02 Å². The van der Waals surface area contributed by atoms with Crippen LogP contribution in [0, 0.1) is 13.8 Å². The van der Waals surface area contributed by atoms with Crippen LogP contribution >= 0.6 is 11.6 Å². The fraction of sp³-hybridized carbons (Fsp3) is 0.231. The molecule has 0 bridgehead atoms. The van der Waals surface area contributed by atoms with Crippen LogP contribution in [0.25, 0.3) is 11.0 Å². The standard InChI is InChI=1S/C26H25ClN2O3S/c1-4-22-28-24-16(3)12-15(2)21(25(24)29-22)13-17-8-10-19(11-9-17)33(32)14-18-6-5-7-20(23(18)27)26(30)31/h5-12H,4,13-14H2,1-3H3,(H,28,29)(H,30,31). The summed E-state index contributed by atoms with van der Waals surface area (Å²) in [6, 6.07) is 14.7. The zero-order valence-corrected chi connectivity index (χ0v) is 20.3. The summed E-state index contributed by atoms with van der Waals surface area (Å²) in [5, 5.41) is 9.38. The molecule has 0 aliphatic rings. The van der Waals surface area contributed by atoms with E-state index >= 15 is 0 Å². The SMILES string of the molecule is CCc1nc2c(Cc3ccc([S+]([O-])Cc4cccc(C(=O)O)c4Cl)cc3)c(C)cc(C)c2[nH]1. The first-order valence-corrected chi connectivity index (χ1v) is 12.4. The fourth-order valence-corrected chi connectivity index (χ4v) is 5.51. The third kappa shape index (κ3) is 4.78. The summed E-state index contributed by atoms with van der Waals surface area (Å²) in [5.74, 6) is 0.0427. The minimum atomic E-state index is -1.34. The van der Waals surface area contributed by atoms with E-state index in [4.69, 9.17) is 16.6 Å². The summed E-state index contributed by atoms with van der Waals surface area (Å²) >= 11 is 4.87. The van der Waals surface area contributed by atoms with Crippen molar-refractivity contribution in [3.8, 4) is 0 Å². The van der Waals surface area contributed by atoms with Crippen molar-refractivity contribution < 1.29 is 14.5 Å². The number of carbonyl (C=O) groups is 1. The molecule has 0 fully saturated rings. The summed E-state index contributed by atoms with van der Waals surface area (Å²) < 4.78 is 12.9. The summed E-state index contributed by atoms with van der Waals surface area (Å²) in [5.41, 5.74) is 7.38. The molecule has 7 heteroatoms. The number of nitrogens with zero attached hydrogens (tertiary/aromatic N) is 1. The predicted molar refractivity (Wildman–Crippen MR) is 133 cm³/mol. The second-order valence-electron chi connectivity index (χ2n) is 8.14. The first-order valence-electron chi connectivity index (χ1n) is 10.7. The smallest absolute Gasteiger partial charge is 0.337 e. The van der Waals surface area contributed by atoms with E-state index in [9.17, 15) is 14.5 Å². The number of aryl methyl sites for hydroxylation is 3. The first-order chi connectivity index (χ1) is 15.8. The number of aromatic nitrogens is 2. The molecule has 1 atom stereocenters. The number of carboxylic acids is 1. The number of nitrogens with one attached hydrogen (secondary N) is 1. The van der Waals surface area contributed by atoms with Gasteiger partial charge in [-0.1, -0.05) is 48.9 Å². The number of hydrogen-bond acceptors (Lipinski definition) is 3. The van der Waals surface area contributed by atoms with Gasteiger partial charge in [0.05, 0.1) is 21.6 Å². The normalized spacial score (nSPS) is 12.3. The van der Waals surface area contributed by atoms with Crippen molar-refractivity contribution >= 4 is 39.8 Å². The Balaban J connectivity index is 1.56. The van der Waals surface area contributed by atoms with E-state index in [-0.39, 0.29) is 16.3 Å². The van der Waals surface area contributed by atoms with Crippen molar-refractivity contribution in [3.63, 3.8) is 0 Å². The van der Waals surface area contributed by atoms with Crippen LogP contribution in [0.5, 0.6) is 0 Å². The molecule has 5 nitrogen and oxygen atoms in total. The number of benzene rings is 3. The molecule has 0 aliphatic heterocycles. The van der Waals surface area contributed by atoms with Crippen LogP contribution in [0.3, 0.4) is 0 Å². The molecule has 170 valence electrons. The Labute approximate surface area is 201 Å². The minimum Gasteiger partial charge on any atom is -0.611 e. The molecule has 0 amide bonds. The monoisotopic (exact) mass is 480 g/mol. The molecule has 4 rings (SSSR count). The van der Waals surface area contributed by atoms with E-state index in [1.165, 1.54) is 22.8 Å². The molecule has 2 N–H and O–H groups in total. The molecule has 0 radical (unpaired) electrons. The largest absolute Gasteiger partial charge is 0.611 e. The highest BCUT2D eigenvalue weighted by Crippen LogP contribution is 2.28. The van der Waals surface area contributed by atoms with Crippen LogP contribution in [0.15, 0.2) is 53.4 Å². The highest BCUT2D eigenvalue weighted by Gasteiger charge is 2.19. The van der Waals surface area contributed by atoms with Gasteiger partial charge in [-0.15, -0.1) is 0 Å². The maximum Gasteiger partial charge on any atom is 0.337 e. The Morgan fingerprint density at radius 1 is 1.15 bits per heavy atom. The highest BCUT2D eigenvalue weighted by atomic mass is 35.5. The summed E-state index contributed by atoms with van der Waals surface area (Å²) in [7, 11) is 0. The Bertz CT molecular complexity index is 1330. The zero-order chi connectivity index (χ0) is 23.7. The molecule has 4 aromatic rings. The Hall–Kier alpha value is -2.80. The minimum absolute atomic E-state index is 0.0193. The van der Waals surface area contributed by atoms with E-state index in [1.54, 1.807) is 12.1 Å². The quantitative estimate of drug-likeness (QED) is 0.318. The topological polar surface area (TPSA) is 89.0 Å². The summed E-state index contributed by atoms with van der Waals surface area (Å²) in [6.07, 6.45) is 1.59. The van der Waals surface area contributed by atoms with Crippen LogP contribution in [-0.2, 0) is 29.8 Å². The third-order valence-corrected chi connectivity index (χ3v) is 7.66. The van der Waals surface area contributed by atoms with Crippen molar-refractivity contribution in [1.29, 1.82) is 0 Å². The van der Waals surface area contributed by atoms with E-state index in [1.807, 2.05) is 24.3 Å². The number of hydrogen-bond donors (Lipinski definition) is 2. The zero-order valence-electron chi connectivity index (χ0n) is 18.7. The number of H-pyrrole nitrogens is 1. The number of fused-ring (bicyclic) bond motifs is 1. The van der Waals surface area contributed by atoms with Crippen molar-refractivity contribution in [2.75, 3.05) is 0 Å². The van der Waals surface area contributed by atoms with E-state index in [0.29, 0.717) is 10.5 Å². The molecule has 3 aromatic carbocycles. The van der Waals surface area contributed by atoms with Crippen LogP contribution in [-0.4, -0.2) is 25.6 Å². The van der Waals surface area contributed by atoms with Crippen molar-refractivity contribution in [2.24, 2.45) is 0 Å². The van der Waals surface area contributed by atoms with Gasteiger partial charge in [0.25, 0.3) is 0 Å². The second kappa shape index (κ2) is 9.59. The van der Waals surface area contributed by atoms with Gasteiger partial charge in [-0.3, -0.25) is 0 Å². The average molecular weight is 481 g/mol. The number of carboxylic acid groups (broad SMARTS) is 1. The molecular weight excluding hydrogens is 456 g/mol. The number of imidazole rings is 1. The molecule has 1 heterocycles. The van der Waals surface area contributed by atoms with Gasteiger partial charge in [0.15, 0.2) is 4.90 Å². The molecular formula is C26H25ClN2O3S. The lowest BCUT2D eigenvalue weighted by Gasteiger charge is -2.13. The van der Waals surface area contributed by atoms with Gasteiger partial charge in [-0.2, -0.15) is 0 Å². The molecule has 1 unspecified atom stereocenters. The first kappa shape index (κ1) is 23.4. The van der Waals surface area contributed by atoms with Gasteiger partial charge in [0.1, 0.15) is 11.6 Å². The molecule has 1 aromatic heterocycles. The molecule has 0 spiro atoms. The predicted octanol–water partition coefficient (Wildman–Crippen LogP) is 5.99. The maximum atomic E-state index is 12.9. The van der Waals surface area contributed by atoms with E-state index < -0.39 is 17.1 Å². The fourth-order valence-electron chi connectivity index (χ4n) is 4.03. The lowest BCUT2D eigenvalue weighted by atomic mass is 9.97. The Morgan fingerprint density at radius 3 is 2.55 bits per heavy atom. The van der Waals surface area contributed by atoms with E-state index in [0.717, 1.165) is 35.3 Å². The van der Waals surface area contributed by atoms with Crippen LogP contribution in [0.1, 0.15) is 50.9 Å². The highest BCUT2D eigenvalue weighted by molar-refractivity contribution is 7.90. The number of halogens is 1. The van der Waals surface area contributed by atoms with Gasteiger partial charge in [0, 0.05) is 12.0 Å². The number of rotatable bonds is 7. The van der Waals surface area contributed by atoms with Gasteiger partial charge in [-0.05, 0) is 71.9 Å². The van der Waals surface area contributed by atoms with Crippen molar-refractivity contribution in [3.05, 3.63) is 92.8 Å². The lowest BCUT2D eigenvalue weighted by molar-refractivity contribution is 0.0697. The van der Waals surface area contributed by atoms with Crippen molar-refractivity contribution in [2.45, 2.75) is 44.3 Å². The summed E-state index contributed by atoms with van der Waals surface area (Å²) in [4.78, 5) is 20.2. The molecule has 33 heavy (non-hydrogen) atoms. The third-order valence-electron chi connectivity index (χ3n) is 5.84. The molecule has 0 aliphatic carbocycles. The maximum absolute atomic E-state index is 12.9. The van der Waals surface area contributed by atoms with Gasteiger partial charge in [-0.25, -0.2) is 9.78 Å². The van der Waals surface area contributed by atoms with E-state index in [2.05, 4.69) is 31.8 Å². The summed E-state index contributed by atoms with van der Waals surface area (Å²) in [6.45, 7) is 6.29. The molecule has 0 saturated carbocycles. The number of aromatic carboxylic acids is 1. The Morgan fingerprint density at radius 2 is 1.88 bits per heavy atom. The van der Waals surface area contributed by atoms with Crippen LogP contribution in [0.4, 0.5) is 0 Å². The van der Waals surface area contributed by atoms with Gasteiger partial charge < -0.3 is 14.6 Å². The average Bonchev–Trinajstić information content (AvgIpc) is 3.23. The molecule has 0 saturated heterocycles.